The zero-order valence-corrected chi connectivity index (χ0v) is 22.9. The molecule has 1 aromatic heterocycles. The molecule has 5 aromatic rings. The molecule has 214 valence electrons. The van der Waals surface area contributed by atoms with E-state index in [0.717, 1.165) is 27.8 Å². The highest BCUT2D eigenvalue weighted by molar-refractivity contribution is 5.97. The highest BCUT2D eigenvalue weighted by Crippen LogP contribution is 2.37. The van der Waals surface area contributed by atoms with Gasteiger partial charge in [0, 0.05) is 18.7 Å². The van der Waals surface area contributed by atoms with Crippen LogP contribution in [0.4, 0.5) is 24.5 Å². The fourth-order valence-corrected chi connectivity index (χ4v) is 4.72. The second-order valence-corrected chi connectivity index (χ2v) is 10.00. The molecule has 0 aliphatic rings. The molecule has 0 spiro atoms. The molecule has 42 heavy (non-hydrogen) atoms. The number of nitrogens with zero attached hydrogens (tertiary/aromatic N) is 4. The Labute approximate surface area is 241 Å². The standard InChI is InChI=1S/C32H29F3N6O/c1-22-11-13-23(14-12-22)19-30(42)36-28-20-25(26-9-5-6-10-27(26)31-37-39-40-38-31)15-16-29(28)41(18-17-32(33,34)35)21-24-7-3-2-4-8-24/h2-16,20H,17-19,21H2,1H3,(H,36,42)(H,37,38,39,40). The number of alkyl halides is 3. The number of anilines is 2. The van der Waals surface area contributed by atoms with E-state index < -0.39 is 12.6 Å². The fraction of sp³-hybridized carbons (Fsp3) is 0.188. The molecule has 0 saturated heterocycles. The number of halogens is 3. The number of tetrazole rings is 1. The largest absolute Gasteiger partial charge is 0.390 e. The smallest absolute Gasteiger partial charge is 0.365 e. The van der Waals surface area contributed by atoms with Gasteiger partial charge in [-0.2, -0.15) is 18.4 Å². The average molecular weight is 571 g/mol. The summed E-state index contributed by atoms with van der Waals surface area (Å²) in [6, 6.07) is 29.8. The van der Waals surface area contributed by atoms with Gasteiger partial charge in [-0.3, -0.25) is 4.79 Å². The van der Waals surface area contributed by atoms with Gasteiger partial charge in [0.15, 0.2) is 0 Å². The lowest BCUT2D eigenvalue weighted by molar-refractivity contribution is -0.132. The van der Waals surface area contributed by atoms with Crippen molar-refractivity contribution in [2.24, 2.45) is 0 Å². The van der Waals surface area contributed by atoms with Crippen molar-refractivity contribution in [3.63, 3.8) is 0 Å². The molecule has 0 aliphatic heterocycles. The van der Waals surface area contributed by atoms with Gasteiger partial charge in [-0.05, 0) is 46.5 Å². The van der Waals surface area contributed by atoms with E-state index in [9.17, 15) is 18.0 Å². The van der Waals surface area contributed by atoms with E-state index in [0.29, 0.717) is 22.8 Å². The number of rotatable bonds is 10. The third-order valence-electron chi connectivity index (χ3n) is 6.80. The lowest BCUT2D eigenvalue weighted by Gasteiger charge is -2.28. The minimum Gasteiger partial charge on any atom is -0.365 e. The molecule has 0 radical (unpaired) electrons. The van der Waals surface area contributed by atoms with Crippen molar-refractivity contribution in [1.29, 1.82) is 0 Å². The van der Waals surface area contributed by atoms with E-state index in [4.69, 9.17) is 0 Å². The van der Waals surface area contributed by atoms with E-state index in [1.807, 2.05) is 91.9 Å². The first-order valence-corrected chi connectivity index (χ1v) is 13.4. The van der Waals surface area contributed by atoms with Crippen molar-refractivity contribution >= 4 is 17.3 Å². The van der Waals surface area contributed by atoms with Crippen molar-refractivity contribution in [3.8, 4) is 22.5 Å². The van der Waals surface area contributed by atoms with Gasteiger partial charge in [0.05, 0.1) is 24.2 Å². The molecule has 7 nitrogen and oxygen atoms in total. The van der Waals surface area contributed by atoms with Crippen LogP contribution in [0.5, 0.6) is 0 Å². The lowest BCUT2D eigenvalue weighted by atomic mass is 9.98. The van der Waals surface area contributed by atoms with Crippen molar-refractivity contribution in [1.82, 2.24) is 20.6 Å². The zero-order chi connectivity index (χ0) is 29.5. The summed E-state index contributed by atoms with van der Waals surface area (Å²) in [5.74, 6) is 0.120. The minimum absolute atomic E-state index is 0.116. The summed E-state index contributed by atoms with van der Waals surface area (Å²) >= 11 is 0. The highest BCUT2D eigenvalue weighted by atomic mass is 19.4. The third kappa shape index (κ3) is 7.39. The number of hydrogen-bond donors (Lipinski definition) is 2. The highest BCUT2D eigenvalue weighted by Gasteiger charge is 2.29. The number of carbonyl (C=O) groups excluding carboxylic acids is 1. The molecule has 2 N–H and O–H groups in total. The maximum atomic E-state index is 13.4. The molecule has 1 heterocycles. The molecule has 0 fully saturated rings. The Balaban J connectivity index is 1.55. The van der Waals surface area contributed by atoms with Gasteiger partial charge in [-0.15, -0.1) is 10.2 Å². The number of aromatic nitrogens is 4. The van der Waals surface area contributed by atoms with Crippen LogP contribution >= 0.6 is 0 Å². The summed E-state index contributed by atoms with van der Waals surface area (Å²) in [7, 11) is 0. The van der Waals surface area contributed by atoms with Gasteiger partial charge >= 0.3 is 6.18 Å². The SMILES string of the molecule is Cc1ccc(CC(=O)Nc2cc(-c3ccccc3-c3nn[nH]n3)ccc2N(CCC(F)(F)F)Cc2ccccc2)cc1. The molecule has 4 aromatic carbocycles. The third-order valence-corrected chi connectivity index (χ3v) is 6.80. The number of amides is 1. The number of carbonyl (C=O) groups is 1. The first-order valence-electron chi connectivity index (χ1n) is 13.4. The van der Waals surface area contributed by atoms with Crippen LogP contribution in [0, 0.1) is 6.92 Å². The Morgan fingerprint density at radius 3 is 2.29 bits per heavy atom. The van der Waals surface area contributed by atoms with Gasteiger partial charge in [0.2, 0.25) is 11.7 Å². The maximum absolute atomic E-state index is 13.4. The zero-order valence-electron chi connectivity index (χ0n) is 22.9. The van der Waals surface area contributed by atoms with Crippen LogP contribution in [0.2, 0.25) is 0 Å². The molecule has 0 aliphatic carbocycles. The summed E-state index contributed by atoms with van der Waals surface area (Å²) in [4.78, 5) is 14.9. The summed E-state index contributed by atoms with van der Waals surface area (Å²) in [6.07, 6.45) is -5.23. The van der Waals surface area contributed by atoms with Gasteiger partial charge in [0.1, 0.15) is 0 Å². The summed E-state index contributed by atoms with van der Waals surface area (Å²) in [6.45, 7) is 1.92. The molecular weight excluding hydrogens is 541 g/mol. The van der Waals surface area contributed by atoms with Gasteiger partial charge in [0.25, 0.3) is 0 Å². The number of H-pyrrole nitrogens is 1. The van der Waals surface area contributed by atoms with Crippen LogP contribution in [-0.4, -0.2) is 39.3 Å². The van der Waals surface area contributed by atoms with Crippen molar-refractivity contribution in [3.05, 3.63) is 114 Å². The van der Waals surface area contributed by atoms with Crippen molar-refractivity contribution in [2.45, 2.75) is 32.5 Å². The summed E-state index contributed by atoms with van der Waals surface area (Å²) in [5.41, 5.74) is 5.89. The molecule has 0 saturated carbocycles. The second-order valence-electron chi connectivity index (χ2n) is 10.00. The Morgan fingerprint density at radius 1 is 0.881 bits per heavy atom. The summed E-state index contributed by atoms with van der Waals surface area (Å²) in [5, 5.41) is 17.3. The predicted molar refractivity (Wildman–Crippen MR) is 157 cm³/mol. The average Bonchev–Trinajstić information content (AvgIpc) is 3.52. The molecule has 0 atom stereocenters. The summed E-state index contributed by atoms with van der Waals surface area (Å²) < 4.78 is 40.2. The van der Waals surface area contributed by atoms with Gasteiger partial charge in [-0.25, -0.2) is 0 Å². The van der Waals surface area contributed by atoms with Crippen LogP contribution < -0.4 is 10.2 Å². The van der Waals surface area contributed by atoms with Crippen LogP contribution in [0.25, 0.3) is 22.5 Å². The first kappa shape index (κ1) is 28.5. The molecule has 1 amide bonds. The van der Waals surface area contributed by atoms with Crippen molar-refractivity contribution in [2.75, 3.05) is 16.8 Å². The van der Waals surface area contributed by atoms with E-state index in [1.54, 1.807) is 17.0 Å². The number of aryl methyl sites for hydroxylation is 1. The Hall–Kier alpha value is -4.99. The minimum atomic E-state index is -4.34. The van der Waals surface area contributed by atoms with Crippen LogP contribution in [0.15, 0.2) is 97.1 Å². The van der Waals surface area contributed by atoms with Crippen LogP contribution in [0.3, 0.4) is 0 Å². The number of hydrogen-bond acceptors (Lipinski definition) is 5. The fourth-order valence-electron chi connectivity index (χ4n) is 4.72. The van der Waals surface area contributed by atoms with E-state index in [1.165, 1.54) is 0 Å². The molecule has 5 rings (SSSR count). The second kappa shape index (κ2) is 12.7. The lowest BCUT2D eigenvalue weighted by Crippen LogP contribution is -2.29. The van der Waals surface area contributed by atoms with Gasteiger partial charge < -0.3 is 10.2 Å². The van der Waals surface area contributed by atoms with Crippen LogP contribution in [-0.2, 0) is 17.8 Å². The van der Waals surface area contributed by atoms with E-state index in [2.05, 4.69) is 25.9 Å². The number of benzene rings is 4. The van der Waals surface area contributed by atoms with Gasteiger partial charge in [-0.1, -0.05) is 90.5 Å². The maximum Gasteiger partial charge on any atom is 0.390 e. The number of nitrogens with one attached hydrogen (secondary N) is 2. The molecule has 0 bridgehead atoms. The van der Waals surface area contributed by atoms with Crippen molar-refractivity contribution < 1.29 is 18.0 Å². The topological polar surface area (TPSA) is 86.8 Å². The molecule has 0 unspecified atom stereocenters. The normalized spacial score (nSPS) is 11.3. The Kier molecular flexibility index (Phi) is 8.61. The van der Waals surface area contributed by atoms with Crippen LogP contribution in [0.1, 0.15) is 23.1 Å². The first-order chi connectivity index (χ1) is 20.2. The van der Waals surface area contributed by atoms with E-state index in [-0.39, 0.29) is 25.4 Å². The quantitative estimate of drug-likeness (QED) is 0.189. The monoisotopic (exact) mass is 570 g/mol. The van der Waals surface area contributed by atoms with E-state index >= 15 is 0 Å². The predicted octanol–water partition coefficient (Wildman–Crippen LogP) is 6.98. The number of aromatic amines is 1. The Bertz CT molecular complexity index is 1620. The Morgan fingerprint density at radius 2 is 1.60 bits per heavy atom. The molecular formula is C32H29F3N6O. The molecule has 10 heteroatoms.